The van der Waals surface area contributed by atoms with Gasteiger partial charge in [0, 0.05) is 17.0 Å². The van der Waals surface area contributed by atoms with Crippen LogP contribution in [0.1, 0.15) is 12.8 Å². The smallest absolute Gasteiger partial charge is 0.224 e. The standard InChI is InChI=1S/C13H17N5OS/c1-14-8-2-3-12(19)17-10-4-6-11(7-5-10)20-13-15-9-16-18-13/h4-7,9,14H,2-3,8H2,1H3,(H,17,19)(H,15,16,18). The number of nitrogens with zero attached hydrogens (tertiary/aromatic N) is 2. The van der Waals surface area contributed by atoms with Crippen LogP contribution in [-0.2, 0) is 4.79 Å². The first kappa shape index (κ1) is 14.5. The fourth-order valence-electron chi connectivity index (χ4n) is 1.61. The van der Waals surface area contributed by atoms with E-state index >= 15 is 0 Å². The van der Waals surface area contributed by atoms with Crippen molar-refractivity contribution in [2.75, 3.05) is 18.9 Å². The van der Waals surface area contributed by atoms with Crippen LogP contribution in [0.3, 0.4) is 0 Å². The molecule has 7 heteroatoms. The Morgan fingerprint density at radius 2 is 2.15 bits per heavy atom. The number of H-pyrrole nitrogens is 1. The predicted octanol–water partition coefficient (Wildman–Crippen LogP) is 1.89. The monoisotopic (exact) mass is 291 g/mol. The zero-order valence-corrected chi connectivity index (χ0v) is 12.0. The highest BCUT2D eigenvalue weighted by atomic mass is 32.2. The van der Waals surface area contributed by atoms with Crippen LogP contribution in [-0.4, -0.2) is 34.7 Å². The van der Waals surface area contributed by atoms with Crippen molar-refractivity contribution in [2.45, 2.75) is 22.9 Å². The molecule has 0 radical (unpaired) electrons. The van der Waals surface area contributed by atoms with Gasteiger partial charge in [-0.25, -0.2) is 4.98 Å². The van der Waals surface area contributed by atoms with Crippen LogP contribution >= 0.6 is 11.8 Å². The summed E-state index contributed by atoms with van der Waals surface area (Å²) < 4.78 is 0. The van der Waals surface area contributed by atoms with Crippen molar-refractivity contribution in [3.63, 3.8) is 0 Å². The first-order valence-corrected chi connectivity index (χ1v) is 7.17. The van der Waals surface area contributed by atoms with E-state index in [4.69, 9.17) is 0 Å². The number of carbonyl (C=O) groups is 1. The lowest BCUT2D eigenvalue weighted by Crippen LogP contribution is -2.15. The molecular formula is C13H17N5OS. The number of amides is 1. The molecular weight excluding hydrogens is 274 g/mol. The Morgan fingerprint density at radius 1 is 1.35 bits per heavy atom. The zero-order valence-electron chi connectivity index (χ0n) is 11.2. The second kappa shape index (κ2) is 7.66. The molecule has 2 rings (SSSR count). The Bertz CT molecular complexity index is 526. The van der Waals surface area contributed by atoms with Crippen molar-refractivity contribution in [2.24, 2.45) is 0 Å². The third-order valence-electron chi connectivity index (χ3n) is 2.58. The van der Waals surface area contributed by atoms with Gasteiger partial charge in [0.15, 0.2) is 5.16 Å². The van der Waals surface area contributed by atoms with Crippen LogP contribution in [0.2, 0.25) is 0 Å². The molecule has 0 spiro atoms. The van der Waals surface area contributed by atoms with E-state index in [0.29, 0.717) is 6.42 Å². The van der Waals surface area contributed by atoms with E-state index in [9.17, 15) is 4.79 Å². The van der Waals surface area contributed by atoms with Crippen LogP contribution < -0.4 is 10.6 Å². The Balaban J connectivity index is 1.83. The Kier molecular flexibility index (Phi) is 5.57. The van der Waals surface area contributed by atoms with Crippen LogP contribution in [0.25, 0.3) is 0 Å². The van der Waals surface area contributed by atoms with Crippen molar-refractivity contribution in [1.82, 2.24) is 20.5 Å². The van der Waals surface area contributed by atoms with E-state index in [-0.39, 0.29) is 5.91 Å². The molecule has 0 saturated carbocycles. The fraction of sp³-hybridized carbons (Fsp3) is 0.308. The van der Waals surface area contributed by atoms with Gasteiger partial charge in [-0.3, -0.25) is 9.89 Å². The maximum Gasteiger partial charge on any atom is 0.224 e. The summed E-state index contributed by atoms with van der Waals surface area (Å²) in [7, 11) is 1.88. The van der Waals surface area contributed by atoms with Crippen LogP contribution in [0, 0.1) is 0 Å². The number of aromatic amines is 1. The van der Waals surface area contributed by atoms with Crippen LogP contribution in [0.15, 0.2) is 40.6 Å². The van der Waals surface area contributed by atoms with Gasteiger partial charge >= 0.3 is 0 Å². The largest absolute Gasteiger partial charge is 0.326 e. The van der Waals surface area contributed by atoms with E-state index in [1.165, 1.54) is 18.1 Å². The van der Waals surface area contributed by atoms with Gasteiger partial charge in [0.1, 0.15) is 6.33 Å². The number of nitrogens with one attached hydrogen (secondary N) is 3. The molecule has 0 unspecified atom stereocenters. The van der Waals surface area contributed by atoms with Gasteiger partial charge in [0.05, 0.1) is 0 Å². The average Bonchev–Trinajstić information content (AvgIpc) is 2.94. The maximum absolute atomic E-state index is 11.7. The van der Waals surface area contributed by atoms with Gasteiger partial charge in [0.25, 0.3) is 0 Å². The van der Waals surface area contributed by atoms with Gasteiger partial charge in [0.2, 0.25) is 5.91 Å². The van der Waals surface area contributed by atoms with Crippen molar-refractivity contribution >= 4 is 23.4 Å². The molecule has 106 valence electrons. The summed E-state index contributed by atoms with van der Waals surface area (Å²) in [5, 5.41) is 13.2. The zero-order chi connectivity index (χ0) is 14.2. The molecule has 0 aliphatic rings. The third kappa shape index (κ3) is 4.67. The lowest BCUT2D eigenvalue weighted by Gasteiger charge is -2.06. The van der Waals surface area contributed by atoms with E-state index in [2.05, 4.69) is 25.8 Å². The predicted molar refractivity (Wildman–Crippen MR) is 78.7 cm³/mol. The van der Waals surface area contributed by atoms with Crippen LogP contribution in [0.5, 0.6) is 0 Å². The highest BCUT2D eigenvalue weighted by Gasteiger charge is 2.03. The fourth-order valence-corrected chi connectivity index (χ4v) is 2.30. The molecule has 0 bridgehead atoms. The van der Waals surface area contributed by atoms with E-state index in [0.717, 1.165) is 28.7 Å². The van der Waals surface area contributed by atoms with Crippen LogP contribution in [0.4, 0.5) is 5.69 Å². The number of carbonyl (C=O) groups excluding carboxylic acids is 1. The van der Waals surface area contributed by atoms with Gasteiger partial charge in [-0.15, -0.1) is 0 Å². The van der Waals surface area contributed by atoms with Gasteiger partial charge < -0.3 is 10.6 Å². The van der Waals surface area contributed by atoms with Gasteiger partial charge in [-0.2, -0.15) is 5.10 Å². The minimum Gasteiger partial charge on any atom is -0.326 e. The highest BCUT2D eigenvalue weighted by molar-refractivity contribution is 7.99. The minimum absolute atomic E-state index is 0.0379. The number of hydrogen-bond donors (Lipinski definition) is 3. The summed E-state index contributed by atoms with van der Waals surface area (Å²) in [5.74, 6) is 0.0379. The van der Waals surface area contributed by atoms with E-state index in [1.54, 1.807) is 0 Å². The quantitative estimate of drug-likeness (QED) is 0.679. The number of aromatic nitrogens is 3. The highest BCUT2D eigenvalue weighted by Crippen LogP contribution is 2.25. The van der Waals surface area contributed by atoms with Crippen molar-refractivity contribution in [3.8, 4) is 0 Å². The Morgan fingerprint density at radius 3 is 2.80 bits per heavy atom. The van der Waals surface area contributed by atoms with E-state index in [1.807, 2.05) is 31.3 Å². The number of anilines is 1. The molecule has 0 atom stereocenters. The lowest BCUT2D eigenvalue weighted by molar-refractivity contribution is -0.116. The third-order valence-corrected chi connectivity index (χ3v) is 3.47. The normalized spacial score (nSPS) is 10.4. The van der Waals surface area contributed by atoms with Crippen molar-refractivity contribution < 1.29 is 4.79 Å². The van der Waals surface area contributed by atoms with Gasteiger partial charge in [-0.05, 0) is 44.3 Å². The SMILES string of the molecule is CNCCCC(=O)Nc1ccc(Sc2ncn[nH]2)cc1. The first-order chi connectivity index (χ1) is 9.78. The number of rotatable bonds is 7. The molecule has 20 heavy (non-hydrogen) atoms. The maximum atomic E-state index is 11.7. The Labute approximate surface area is 121 Å². The average molecular weight is 291 g/mol. The molecule has 3 N–H and O–H groups in total. The molecule has 1 heterocycles. The minimum atomic E-state index is 0.0379. The summed E-state index contributed by atoms with van der Waals surface area (Å²) in [6.07, 6.45) is 2.83. The molecule has 0 aliphatic carbocycles. The Hall–Kier alpha value is -1.86. The van der Waals surface area contributed by atoms with Crippen molar-refractivity contribution in [1.29, 1.82) is 0 Å². The molecule has 6 nitrogen and oxygen atoms in total. The summed E-state index contributed by atoms with van der Waals surface area (Å²) in [4.78, 5) is 16.7. The molecule has 0 fully saturated rings. The van der Waals surface area contributed by atoms with Gasteiger partial charge in [-0.1, -0.05) is 11.8 Å². The molecule has 1 aromatic carbocycles. The van der Waals surface area contributed by atoms with E-state index < -0.39 is 0 Å². The molecule has 0 saturated heterocycles. The molecule has 0 aliphatic heterocycles. The molecule has 2 aromatic rings. The summed E-state index contributed by atoms with van der Waals surface area (Å²) in [5.41, 5.74) is 0.807. The second-order valence-corrected chi connectivity index (χ2v) is 5.23. The molecule has 1 aromatic heterocycles. The topological polar surface area (TPSA) is 82.7 Å². The number of benzene rings is 1. The molecule has 1 amide bonds. The number of hydrogen-bond acceptors (Lipinski definition) is 5. The summed E-state index contributed by atoms with van der Waals surface area (Å²) in [6, 6.07) is 7.65. The lowest BCUT2D eigenvalue weighted by atomic mass is 10.2. The summed E-state index contributed by atoms with van der Waals surface area (Å²) in [6.45, 7) is 0.847. The van der Waals surface area contributed by atoms with Crippen molar-refractivity contribution in [3.05, 3.63) is 30.6 Å². The first-order valence-electron chi connectivity index (χ1n) is 6.35. The summed E-state index contributed by atoms with van der Waals surface area (Å²) >= 11 is 1.49. The second-order valence-electron chi connectivity index (χ2n) is 4.17.